The van der Waals surface area contributed by atoms with Crippen molar-refractivity contribution in [1.82, 2.24) is 25.3 Å². The van der Waals surface area contributed by atoms with E-state index in [-0.39, 0.29) is 17.8 Å². The number of hydrogen-bond donors (Lipinski definition) is 1. The minimum atomic E-state index is -0.321. The van der Waals surface area contributed by atoms with Gasteiger partial charge in [-0.1, -0.05) is 6.07 Å². The first-order valence-corrected chi connectivity index (χ1v) is 10.9. The van der Waals surface area contributed by atoms with Crippen LogP contribution < -0.4 is 10.2 Å². The van der Waals surface area contributed by atoms with Gasteiger partial charge in [-0.15, -0.1) is 0 Å². The Bertz CT molecular complexity index is 1040. The van der Waals surface area contributed by atoms with Crippen molar-refractivity contribution in [3.63, 3.8) is 0 Å². The van der Waals surface area contributed by atoms with E-state index in [0.717, 1.165) is 52.8 Å². The molecule has 0 aromatic carbocycles. The summed E-state index contributed by atoms with van der Waals surface area (Å²) in [6.45, 7) is 7.68. The third kappa shape index (κ3) is 4.17. The van der Waals surface area contributed by atoms with Gasteiger partial charge in [-0.2, -0.15) is 11.8 Å². The molecule has 1 atom stereocenters. The second-order valence-corrected chi connectivity index (χ2v) is 8.42. The Balaban J connectivity index is 1.73. The van der Waals surface area contributed by atoms with E-state index in [1.165, 1.54) is 0 Å². The first kappa shape index (κ1) is 19.6. The van der Waals surface area contributed by atoms with Crippen molar-refractivity contribution in [2.45, 2.75) is 26.8 Å². The molecule has 1 amide bonds. The molecular weight excluding hydrogens is 384 g/mol. The Labute approximate surface area is 174 Å². The van der Waals surface area contributed by atoms with E-state index in [9.17, 15) is 4.79 Å². The van der Waals surface area contributed by atoms with Crippen molar-refractivity contribution < 1.29 is 4.79 Å². The molecule has 3 aromatic heterocycles. The number of carbonyl (C=O) groups is 1. The van der Waals surface area contributed by atoms with Crippen LogP contribution in [0.4, 0.5) is 5.82 Å². The maximum Gasteiger partial charge on any atom is 0.289 e. The third-order valence-corrected chi connectivity index (χ3v) is 5.91. The predicted octanol–water partition coefficient (Wildman–Crippen LogP) is 3.08. The van der Waals surface area contributed by atoms with Gasteiger partial charge in [0.05, 0.1) is 17.1 Å². The molecule has 1 N–H and O–H groups in total. The Morgan fingerprint density at radius 3 is 2.69 bits per heavy atom. The number of pyridine rings is 2. The molecular formula is C21H24N6OS. The van der Waals surface area contributed by atoms with E-state index < -0.39 is 0 Å². The van der Waals surface area contributed by atoms with Crippen molar-refractivity contribution in [2.24, 2.45) is 0 Å². The molecule has 0 spiro atoms. The number of carbonyl (C=O) groups excluding carboxylic acids is 1. The van der Waals surface area contributed by atoms with E-state index in [4.69, 9.17) is 4.98 Å². The lowest BCUT2D eigenvalue weighted by molar-refractivity contribution is 0.0929. The number of hydrogen-bond acceptors (Lipinski definition) is 7. The molecule has 1 aliphatic heterocycles. The van der Waals surface area contributed by atoms with Gasteiger partial charge in [0.2, 0.25) is 5.82 Å². The van der Waals surface area contributed by atoms with Crippen LogP contribution in [0, 0.1) is 13.8 Å². The number of aromatic nitrogens is 4. The molecule has 7 nitrogen and oxygen atoms in total. The fourth-order valence-corrected chi connectivity index (χ4v) is 4.43. The monoisotopic (exact) mass is 408 g/mol. The predicted molar refractivity (Wildman–Crippen MR) is 116 cm³/mol. The SMILES string of the molecule is Cc1cc(C)c2c(N3CCSCC3)nc(C(=O)NC(C)c3ccccn3)nc2n1. The highest BCUT2D eigenvalue weighted by molar-refractivity contribution is 7.99. The van der Waals surface area contributed by atoms with Gasteiger partial charge >= 0.3 is 0 Å². The number of nitrogens with zero attached hydrogens (tertiary/aromatic N) is 5. The second kappa shape index (κ2) is 8.32. The van der Waals surface area contributed by atoms with Gasteiger partial charge in [0.25, 0.3) is 5.91 Å². The molecule has 4 rings (SSSR count). The summed E-state index contributed by atoms with van der Waals surface area (Å²) in [6.07, 6.45) is 1.71. The first-order chi connectivity index (χ1) is 14.0. The van der Waals surface area contributed by atoms with Crippen molar-refractivity contribution in [3.05, 3.63) is 53.2 Å². The summed E-state index contributed by atoms with van der Waals surface area (Å²) >= 11 is 1.93. The molecule has 0 bridgehead atoms. The molecule has 150 valence electrons. The van der Waals surface area contributed by atoms with Crippen LogP contribution in [-0.4, -0.2) is 50.4 Å². The summed E-state index contributed by atoms with van der Waals surface area (Å²) in [5, 5.41) is 3.89. The molecule has 1 aliphatic rings. The lowest BCUT2D eigenvalue weighted by Gasteiger charge is -2.29. The minimum Gasteiger partial charge on any atom is -0.354 e. The molecule has 1 saturated heterocycles. The quantitative estimate of drug-likeness (QED) is 0.710. The van der Waals surface area contributed by atoms with Gasteiger partial charge in [0, 0.05) is 36.5 Å². The summed E-state index contributed by atoms with van der Waals surface area (Å²) in [5.41, 5.74) is 3.32. The zero-order valence-corrected chi connectivity index (χ0v) is 17.7. The maximum atomic E-state index is 13.0. The van der Waals surface area contributed by atoms with Gasteiger partial charge < -0.3 is 10.2 Å². The highest BCUT2D eigenvalue weighted by Gasteiger charge is 2.23. The van der Waals surface area contributed by atoms with Crippen LogP contribution >= 0.6 is 11.8 Å². The number of thioether (sulfide) groups is 1. The second-order valence-electron chi connectivity index (χ2n) is 7.20. The molecule has 3 aromatic rings. The van der Waals surface area contributed by atoms with Gasteiger partial charge in [-0.25, -0.2) is 15.0 Å². The Morgan fingerprint density at radius 2 is 1.97 bits per heavy atom. The fraction of sp³-hybridized carbons (Fsp3) is 0.381. The number of anilines is 1. The summed E-state index contributed by atoms with van der Waals surface area (Å²) < 4.78 is 0. The number of aryl methyl sites for hydroxylation is 2. The first-order valence-electron chi connectivity index (χ1n) is 9.73. The number of fused-ring (bicyclic) bond motifs is 1. The van der Waals surface area contributed by atoms with Gasteiger partial charge in [-0.3, -0.25) is 9.78 Å². The van der Waals surface area contributed by atoms with Crippen molar-refractivity contribution in [2.75, 3.05) is 29.5 Å². The lowest BCUT2D eigenvalue weighted by atomic mass is 10.1. The van der Waals surface area contributed by atoms with E-state index in [1.54, 1.807) is 6.20 Å². The summed E-state index contributed by atoms with van der Waals surface area (Å²) in [5.74, 6) is 2.71. The van der Waals surface area contributed by atoms with Gasteiger partial charge in [-0.05, 0) is 44.5 Å². The Hall–Kier alpha value is -2.74. The standard InChI is InChI=1S/C21H24N6OS/c1-13-12-14(2)23-18-17(13)20(27-8-10-29-11-9-27)26-19(25-18)21(28)24-15(3)16-6-4-5-7-22-16/h4-7,12,15H,8-11H2,1-3H3,(H,24,28). The molecule has 0 radical (unpaired) electrons. The lowest BCUT2D eigenvalue weighted by Crippen LogP contribution is -2.35. The topological polar surface area (TPSA) is 83.9 Å². The molecule has 1 unspecified atom stereocenters. The van der Waals surface area contributed by atoms with E-state index in [2.05, 4.69) is 25.2 Å². The van der Waals surface area contributed by atoms with Crippen LogP contribution in [0.5, 0.6) is 0 Å². The Kier molecular flexibility index (Phi) is 5.62. The highest BCUT2D eigenvalue weighted by Crippen LogP contribution is 2.28. The van der Waals surface area contributed by atoms with Crippen molar-refractivity contribution in [1.29, 1.82) is 0 Å². The summed E-state index contributed by atoms with van der Waals surface area (Å²) in [6, 6.07) is 7.43. The molecule has 0 saturated carbocycles. The third-order valence-electron chi connectivity index (χ3n) is 4.97. The molecule has 1 fully saturated rings. The fourth-order valence-electron chi connectivity index (χ4n) is 3.53. The van der Waals surface area contributed by atoms with Gasteiger partial charge in [0.1, 0.15) is 5.82 Å². The van der Waals surface area contributed by atoms with Crippen LogP contribution in [0.3, 0.4) is 0 Å². The molecule has 4 heterocycles. The van der Waals surface area contributed by atoms with Crippen molar-refractivity contribution in [3.8, 4) is 0 Å². The van der Waals surface area contributed by atoms with E-state index in [0.29, 0.717) is 5.65 Å². The minimum absolute atomic E-state index is 0.144. The average molecular weight is 409 g/mol. The summed E-state index contributed by atoms with van der Waals surface area (Å²) in [7, 11) is 0. The van der Waals surface area contributed by atoms with Crippen molar-refractivity contribution >= 4 is 34.5 Å². The van der Waals surface area contributed by atoms with Crippen LogP contribution in [-0.2, 0) is 0 Å². The summed E-state index contributed by atoms with van der Waals surface area (Å²) in [4.78, 5) is 33.3. The molecule has 0 aliphatic carbocycles. The van der Waals surface area contributed by atoms with E-state index in [1.807, 2.05) is 56.8 Å². The largest absolute Gasteiger partial charge is 0.354 e. The molecule has 8 heteroatoms. The number of amides is 1. The van der Waals surface area contributed by atoms with Crippen LogP contribution in [0.1, 0.15) is 40.5 Å². The number of nitrogens with one attached hydrogen (secondary N) is 1. The van der Waals surface area contributed by atoms with E-state index >= 15 is 0 Å². The van der Waals surface area contributed by atoms with Crippen LogP contribution in [0.15, 0.2) is 30.5 Å². The Morgan fingerprint density at radius 1 is 1.17 bits per heavy atom. The highest BCUT2D eigenvalue weighted by atomic mass is 32.2. The normalized spacial score (nSPS) is 15.3. The smallest absolute Gasteiger partial charge is 0.289 e. The van der Waals surface area contributed by atoms with Crippen LogP contribution in [0.2, 0.25) is 0 Å². The molecule has 29 heavy (non-hydrogen) atoms. The number of rotatable bonds is 4. The average Bonchev–Trinajstić information content (AvgIpc) is 2.73. The van der Waals surface area contributed by atoms with Gasteiger partial charge in [0.15, 0.2) is 5.65 Å². The zero-order valence-electron chi connectivity index (χ0n) is 16.8. The van der Waals surface area contributed by atoms with Crippen LogP contribution in [0.25, 0.3) is 11.0 Å². The zero-order chi connectivity index (χ0) is 20.4. The maximum absolute atomic E-state index is 13.0.